The first-order valence-corrected chi connectivity index (χ1v) is 17.3. The van der Waals surface area contributed by atoms with Gasteiger partial charge in [-0.1, -0.05) is 147 Å². The van der Waals surface area contributed by atoms with Crippen LogP contribution >= 0.6 is 0 Å². The summed E-state index contributed by atoms with van der Waals surface area (Å²) in [4.78, 5) is 0. The molecule has 0 aromatic heterocycles. The minimum Gasteiger partial charge on any atom is -0.0616 e. The normalized spacial score (nSPS) is 13.7. The van der Waals surface area contributed by atoms with Gasteiger partial charge in [0.25, 0.3) is 0 Å². The van der Waals surface area contributed by atoms with E-state index in [0.29, 0.717) is 0 Å². The Balaban J connectivity index is 1.10. The summed E-state index contributed by atoms with van der Waals surface area (Å²) in [5.74, 6) is 0. The molecule has 1 aliphatic carbocycles. The largest absolute Gasteiger partial charge is 0.0616 e. The Labute approximate surface area is 285 Å². The van der Waals surface area contributed by atoms with Crippen molar-refractivity contribution in [2.24, 2.45) is 0 Å². The molecule has 0 saturated carbocycles. The smallest absolute Gasteiger partial charge is 0.0159 e. The van der Waals surface area contributed by atoms with Gasteiger partial charge >= 0.3 is 0 Å². The number of hydrogen-bond donors (Lipinski definition) is 0. The summed E-state index contributed by atoms with van der Waals surface area (Å²) in [5, 5.41) is 15.9. The van der Waals surface area contributed by atoms with Gasteiger partial charge in [-0.25, -0.2) is 0 Å². The van der Waals surface area contributed by atoms with Crippen LogP contribution in [0.25, 0.3) is 98.0 Å². The molecule has 0 atom stereocenters. The zero-order chi connectivity index (χ0) is 32.4. The van der Waals surface area contributed by atoms with Gasteiger partial charge in [0.15, 0.2) is 0 Å². The minimum absolute atomic E-state index is 0.0896. The van der Waals surface area contributed by atoms with Gasteiger partial charge in [-0.3, -0.25) is 0 Å². The van der Waals surface area contributed by atoms with Crippen molar-refractivity contribution < 1.29 is 0 Å². The van der Waals surface area contributed by atoms with E-state index in [1.54, 1.807) is 0 Å². The molecule has 0 saturated heterocycles. The molecule has 0 unspecified atom stereocenters. The summed E-state index contributed by atoms with van der Waals surface area (Å²) in [6, 6.07) is 59.4. The van der Waals surface area contributed by atoms with Gasteiger partial charge in [0.1, 0.15) is 0 Å². The molecule has 10 aromatic rings. The van der Waals surface area contributed by atoms with Crippen molar-refractivity contribution >= 4 is 64.6 Å². The van der Waals surface area contributed by atoms with Crippen molar-refractivity contribution in [3.05, 3.63) is 169 Å². The predicted molar refractivity (Wildman–Crippen MR) is 211 cm³/mol. The molecule has 10 aromatic carbocycles. The lowest BCUT2D eigenvalue weighted by Gasteiger charge is -2.22. The van der Waals surface area contributed by atoms with E-state index in [0.717, 1.165) is 0 Å². The highest BCUT2D eigenvalue weighted by molar-refractivity contribution is 6.27. The van der Waals surface area contributed by atoms with E-state index in [9.17, 15) is 0 Å². The third kappa shape index (κ3) is 3.64. The highest BCUT2D eigenvalue weighted by Gasteiger charge is 2.36. The van der Waals surface area contributed by atoms with Crippen LogP contribution in [0.5, 0.6) is 0 Å². The molecule has 0 heterocycles. The molecule has 49 heavy (non-hydrogen) atoms. The molecular weight excluding hydrogens is 589 g/mol. The van der Waals surface area contributed by atoms with Crippen LogP contribution in [0.2, 0.25) is 0 Å². The average molecular weight is 621 g/mol. The fraction of sp³-hybridized carbons (Fsp3) is 0.0612. The second-order valence-electron chi connectivity index (χ2n) is 14.5. The van der Waals surface area contributed by atoms with Crippen LogP contribution in [0, 0.1) is 0 Å². The summed E-state index contributed by atoms with van der Waals surface area (Å²) in [5.41, 5.74) is 10.5. The molecule has 0 spiro atoms. The van der Waals surface area contributed by atoms with Crippen molar-refractivity contribution in [1.29, 1.82) is 0 Å². The molecule has 0 amide bonds. The molecule has 0 fully saturated rings. The third-order valence-electron chi connectivity index (χ3n) is 11.6. The Hall–Kier alpha value is -5.98. The second-order valence-corrected chi connectivity index (χ2v) is 14.5. The quantitative estimate of drug-likeness (QED) is 0.169. The summed E-state index contributed by atoms with van der Waals surface area (Å²) >= 11 is 0. The summed E-state index contributed by atoms with van der Waals surface area (Å²) in [7, 11) is 0. The van der Waals surface area contributed by atoms with E-state index in [1.807, 2.05) is 0 Å². The van der Waals surface area contributed by atoms with Crippen molar-refractivity contribution in [2.75, 3.05) is 0 Å². The lowest BCUT2D eigenvalue weighted by atomic mass is 9.81. The molecule has 0 bridgehead atoms. The first-order chi connectivity index (χ1) is 24.0. The highest BCUT2D eigenvalue weighted by Crippen LogP contribution is 2.52. The van der Waals surface area contributed by atoms with Gasteiger partial charge in [-0.2, -0.15) is 0 Å². The molecular formula is C49H32. The van der Waals surface area contributed by atoms with Crippen LogP contribution in [-0.4, -0.2) is 0 Å². The number of benzene rings is 10. The first-order valence-electron chi connectivity index (χ1n) is 17.3. The van der Waals surface area contributed by atoms with Crippen LogP contribution in [0.1, 0.15) is 25.0 Å². The Kier molecular flexibility index (Phi) is 5.27. The van der Waals surface area contributed by atoms with Crippen LogP contribution in [0.15, 0.2) is 158 Å². The Morgan fingerprint density at radius 1 is 0.306 bits per heavy atom. The van der Waals surface area contributed by atoms with Gasteiger partial charge in [-0.05, 0) is 133 Å². The third-order valence-corrected chi connectivity index (χ3v) is 11.6. The zero-order valence-corrected chi connectivity index (χ0v) is 27.5. The van der Waals surface area contributed by atoms with E-state index < -0.39 is 0 Å². The van der Waals surface area contributed by atoms with Crippen LogP contribution < -0.4 is 0 Å². The van der Waals surface area contributed by atoms with E-state index in [-0.39, 0.29) is 5.41 Å². The van der Waals surface area contributed by atoms with Gasteiger partial charge in [0, 0.05) is 5.41 Å². The zero-order valence-electron chi connectivity index (χ0n) is 27.5. The van der Waals surface area contributed by atoms with Crippen molar-refractivity contribution in [1.82, 2.24) is 0 Å². The van der Waals surface area contributed by atoms with Crippen molar-refractivity contribution in [2.45, 2.75) is 19.3 Å². The van der Waals surface area contributed by atoms with Gasteiger partial charge < -0.3 is 0 Å². The molecule has 0 N–H and O–H groups in total. The lowest BCUT2D eigenvalue weighted by Crippen LogP contribution is -2.14. The number of rotatable bonds is 2. The van der Waals surface area contributed by atoms with Gasteiger partial charge in [-0.15, -0.1) is 0 Å². The fourth-order valence-corrected chi connectivity index (χ4v) is 9.18. The van der Waals surface area contributed by atoms with Crippen molar-refractivity contribution in [3.63, 3.8) is 0 Å². The fourth-order valence-electron chi connectivity index (χ4n) is 9.18. The van der Waals surface area contributed by atoms with E-state index in [1.165, 1.54) is 109 Å². The highest BCUT2D eigenvalue weighted by atomic mass is 14.4. The molecule has 0 nitrogen and oxygen atoms in total. The molecule has 228 valence electrons. The molecule has 0 radical (unpaired) electrons. The predicted octanol–water partition coefficient (Wildman–Crippen LogP) is 13.7. The summed E-state index contributed by atoms with van der Waals surface area (Å²) in [6.45, 7) is 4.78. The van der Waals surface area contributed by atoms with Gasteiger partial charge in [0.05, 0.1) is 0 Å². The summed E-state index contributed by atoms with van der Waals surface area (Å²) < 4.78 is 0. The average Bonchev–Trinajstić information content (AvgIpc) is 3.38. The van der Waals surface area contributed by atoms with Crippen LogP contribution in [0.3, 0.4) is 0 Å². The molecule has 1 aliphatic rings. The molecule has 0 heteroatoms. The summed E-state index contributed by atoms with van der Waals surface area (Å²) in [6.07, 6.45) is 0. The maximum atomic E-state index is 2.49. The first kappa shape index (κ1) is 27.0. The SMILES string of the molecule is CC1(C)c2ccc(-c3cccc(-c4ccc5ccc6cccc7ccc4c5c67)c3)cc2-c2cc3c4ccccc4c4ccccc4c3cc21. The maximum absolute atomic E-state index is 2.49. The maximum Gasteiger partial charge on any atom is 0.0159 e. The van der Waals surface area contributed by atoms with E-state index in [4.69, 9.17) is 0 Å². The van der Waals surface area contributed by atoms with Gasteiger partial charge in [0.2, 0.25) is 0 Å². The van der Waals surface area contributed by atoms with E-state index in [2.05, 4.69) is 172 Å². The Bertz CT molecular complexity index is 2990. The monoisotopic (exact) mass is 620 g/mol. The minimum atomic E-state index is -0.0896. The molecule has 11 rings (SSSR count). The molecule has 0 aliphatic heterocycles. The van der Waals surface area contributed by atoms with Crippen LogP contribution in [-0.2, 0) is 5.41 Å². The van der Waals surface area contributed by atoms with Crippen molar-refractivity contribution in [3.8, 4) is 33.4 Å². The van der Waals surface area contributed by atoms with Crippen LogP contribution in [0.4, 0.5) is 0 Å². The Morgan fingerprint density at radius 3 is 1.59 bits per heavy atom. The van der Waals surface area contributed by atoms with E-state index >= 15 is 0 Å². The Morgan fingerprint density at radius 2 is 0.857 bits per heavy atom. The standard InChI is InChI=1S/C49H32/c1-49(2)45-24-21-33(26-43(45)44-27-41-38-15-5-3-13-36(38)37-14-4-6-16-39(37)42(41)28-46(44)49)32-11-8-12-34(25-32)35-22-19-31-18-17-29-9-7-10-30-20-23-40(35)48(31)47(29)30/h3-28H,1-2H3. The number of fused-ring (bicyclic) bond motifs is 9. The second kappa shape index (κ2) is 9.56. The topological polar surface area (TPSA) is 0 Å². The number of hydrogen-bond acceptors (Lipinski definition) is 0. The lowest BCUT2D eigenvalue weighted by molar-refractivity contribution is 0.661.